The van der Waals surface area contributed by atoms with Crippen LogP contribution in [0.3, 0.4) is 0 Å². The van der Waals surface area contributed by atoms with Crippen molar-refractivity contribution in [2.45, 2.75) is 13.5 Å². The van der Waals surface area contributed by atoms with E-state index in [0.717, 1.165) is 17.3 Å². The summed E-state index contributed by atoms with van der Waals surface area (Å²) in [4.78, 5) is 39.3. The van der Waals surface area contributed by atoms with E-state index < -0.39 is 0 Å². The number of thioether (sulfide) groups is 1. The topological polar surface area (TPSA) is 94.2 Å². The Morgan fingerprint density at radius 2 is 1.82 bits per heavy atom. The van der Waals surface area contributed by atoms with Crippen molar-refractivity contribution in [2.75, 3.05) is 25.6 Å². The highest BCUT2D eigenvalue weighted by molar-refractivity contribution is 8.18. The van der Waals surface area contributed by atoms with Crippen LogP contribution < -0.4 is 19.5 Å². The normalized spacial score (nSPS) is 14.1. The molecule has 3 aromatic rings. The molecule has 0 aliphatic carbocycles. The number of nitrogens with one attached hydrogen (secondary N) is 1. The highest BCUT2D eigenvalue weighted by atomic mass is 35.5. The van der Waals surface area contributed by atoms with E-state index in [-0.39, 0.29) is 30.2 Å². The van der Waals surface area contributed by atoms with Crippen LogP contribution in [0.5, 0.6) is 17.2 Å². The number of halogens is 1. The van der Waals surface area contributed by atoms with Crippen LogP contribution in [0.15, 0.2) is 71.6 Å². The maximum Gasteiger partial charge on any atom is 0.293 e. The number of ether oxygens (including phenoxy) is 3. The standard InChI is InChI=1S/C28H25ClN2O6S/c1-3-36-22-10-5-4-9-21(22)30-26(32)17-37-23-12-11-18(14-24(23)35-2)15-25-27(33)31(28(34)38-25)16-19-7-6-8-20(29)13-19/h4-15H,3,16-17H2,1-2H3,(H,30,32)/b25-15-. The predicted octanol–water partition coefficient (Wildman–Crippen LogP) is 6.00. The molecule has 1 fully saturated rings. The zero-order valence-corrected chi connectivity index (χ0v) is 22.3. The second kappa shape index (κ2) is 12.5. The number of nitrogens with zero attached hydrogens (tertiary/aromatic N) is 1. The number of rotatable bonds is 10. The maximum atomic E-state index is 12.9. The van der Waals surface area contributed by atoms with Crippen molar-refractivity contribution in [2.24, 2.45) is 0 Å². The van der Waals surface area contributed by atoms with Gasteiger partial charge in [-0.05, 0) is 72.3 Å². The lowest BCUT2D eigenvalue weighted by atomic mass is 10.1. The van der Waals surface area contributed by atoms with Gasteiger partial charge in [-0.25, -0.2) is 0 Å². The average Bonchev–Trinajstić information content (AvgIpc) is 3.16. The summed E-state index contributed by atoms with van der Waals surface area (Å²) < 4.78 is 16.6. The summed E-state index contributed by atoms with van der Waals surface area (Å²) in [5, 5.41) is 2.95. The third-order valence-corrected chi connectivity index (χ3v) is 6.55. The third kappa shape index (κ3) is 6.67. The van der Waals surface area contributed by atoms with Gasteiger partial charge in [-0.15, -0.1) is 0 Å². The highest BCUT2D eigenvalue weighted by Gasteiger charge is 2.35. The molecule has 0 unspecified atom stereocenters. The molecule has 1 aliphatic rings. The first-order valence-electron chi connectivity index (χ1n) is 11.7. The van der Waals surface area contributed by atoms with Gasteiger partial charge in [-0.2, -0.15) is 0 Å². The second-order valence-electron chi connectivity index (χ2n) is 8.07. The number of para-hydroxylation sites is 2. The molecule has 3 aromatic carbocycles. The fourth-order valence-corrected chi connectivity index (χ4v) is 4.73. The van der Waals surface area contributed by atoms with Gasteiger partial charge in [0, 0.05) is 5.02 Å². The Hall–Kier alpha value is -3.95. The van der Waals surface area contributed by atoms with Crippen LogP contribution in [0.4, 0.5) is 10.5 Å². The summed E-state index contributed by atoms with van der Waals surface area (Å²) >= 11 is 6.89. The van der Waals surface area contributed by atoms with Gasteiger partial charge in [-0.3, -0.25) is 19.3 Å². The van der Waals surface area contributed by atoms with E-state index in [1.54, 1.807) is 66.7 Å². The third-order valence-electron chi connectivity index (χ3n) is 5.41. The van der Waals surface area contributed by atoms with Gasteiger partial charge in [0.05, 0.1) is 30.9 Å². The van der Waals surface area contributed by atoms with Gasteiger partial charge < -0.3 is 19.5 Å². The molecule has 1 N–H and O–H groups in total. The van der Waals surface area contributed by atoms with Crippen molar-refractivity contribution < 1.29 is 28.6 Å². The Kier molecular flexibility index (Phi) is 8.93. The Bertz CT molecular complexity index is 1390. The number of anilines is 1. The number of imide groups is 1. The van der Waals surface area contributed by atoms with Gasteiger partial charge in [0.15, 0.2) is 18.1 Å². The molecule has 3 amide bonds. The second-order valence-corrected chi connectivity index (χ2v) is 9.50. The molecule has 0 aromatic heterocycles. The number of carbonyl (C=O) groups is 3. The van der Waals surface area contributed by atoms with Crippen LogP contribution >= 0.6 is 23.4 Å². The summed E-state index contributed by atoms with van der Waals surface area (Å²) in [5.74, 6) is 0.550. The SMILES string of the molecule is CCOc1ccccc1NC(=O)COc1ccc(/C=C2\SC(=O)N(Cc3cccc(Cl)c3)C2=O)cc1OC. The highest BCUT2D eigenvalue weighted by Crippen LogP contribution is 2.35. The summed E-state index contributed by atoms with van der Waals surface area (Å²) in [7, 11) is 1.48. The van der Waals surface area contributed by atoms with E-state index in [2.05, 4.69) is 5.32 Å². The number of methoxy groups -OCH3 is 1. The molecule has 1 saturated heterocycles. The van der Waals surface area contributed by atoms with Crippen molar-refractivity contribution >= 4 is 52.2 Å². The molecule has 8 nitrogen and oxygen atoms in total. The fraction of sp³-hybridized carbons (Fsp3) is 0.179. The van der Waals surface area contributed by atoms with Crippen molar-refractivity contribution in [3.63, 3.8) is 0 Å². The lowest BCUT2D eigenvalue weighted by Crippen LogP contribution is -2.27. The molecule has 196 valence electrons. The van der Waals surface area contributed by atoms with E-state index in [1.807, 2.05) is 13.0 Å². The zero-order chi connectivity index (χ0) is 27.1. The molecule has 1 aliphatic heterocycles. The number of benzene rings is 3. The van der Waals surface area contributed by atoms with Crippen LogP contribution in [-0.2, 0) is 16.1 Å². The molecule has 38 heavy (non-hydrogen) atoms. The largest absolute Gasteiger partial charge is 0.493 e. The summed E-state index contributed by atoms with van der Waals surface area (Å²) in [6, 6.07) is 19.2. The first-order chi connectivity index (χ1) is 18.4. The van der Waals surface area contributed by atoms with Gasteiger partial charge in [0.1, 0.15) is 5.75 Å². The van der Waals surface area contributed by atoms with Crippen LogP contribution in [0, 0.1) is 0 Å². The Morgan fingerprint density at radius 1 is 1.00 bits per heavy atom. The van der Waals surface area contributed by atoms with E-state index in [1.165, 1.54) is 12.0 Å². The van der Waals surface area contributed by atoms with Crippen LogP contribution in [0.2, 0.25) is 5.02 Å². The van der Waals surface area contributed by atoms with Gasteiger partial charge >= 0.3 is 0 Å². The molecular formula is C28H25ClN2O6S. The molecule has 0 saturated carbocycles. The number of amides is 3. The zero-order valence-electron chi connectivity index (χ0n) is 20.7. The van der Waals surface area contributed by atoms with Crippen molar-refractivity contribution in [1.29, 1.82) is 0 Å². The first kappa shape index (κ1) is 27.1. The van der Waals surface area contributed by atoms with Gasteiger partial charge in [0.2, 0.25) is 0 Å². The monoisotopic (exact) mass is 552 g/mol. The minimum Gasteiger partial charge on any atom is -0.493 e. The molecular weight excluding hydrogens is 528 g/mol. The Labute approximate surface area is 229 Å². The van der Waals surface area contributed by atoms with Gasteiger partial charge in [-0.1, -0.05) is 41.9 Å². The molecule has 0 bridgehead atoms. The minimum atomic E-state index is -0.386. The first-order valence-corrected chi connectivity index (χ1v) is 12.9. The predicted molar refractivity (Wildman–Crippen MR) is 148 cm³/mol. The number of carbonyl (C=O) groups excluding carboxylic acids is 3. The maximum absolute atomic E-state index is 12.9. The number of hydrogen-bond donors (Lipinski definition) is 1. The minimum absolute atomic E-state index is 0.135. The lowest BCUT2D eigenvalue weighted by molar-refractivity contribution is -0.123. The number of hydrogen-bond acceptors (Lipinski definition) is 7. The van der Waals surface area contributed by atoms with E-state index in [0.29, 0.717) is 45.0 Å². The smallest absolute Gasteiger partial charge is 0.293 e. The van der Waals surface area contributed by atoms with Crippen LogP contribution in [-0.4, -0.2) is 42.3 Å². The Morgan fingerprint density at radius 3 is 2.58 bits per heavy atom. The molecule has 4 rings (SSSR count). The molecule has 10 heteroatoms. The molecule has 0 radical (unpaired) electrons. The lowest BCUT2D eigenvalue weighted by Gasteiger charge is -2.13. The fourth-order valence-electron chi connectivity index (χ4n) is 3.68. The summed E-state index contributed by atoms with van der Waals surface area (Å²) in [5.41, 5.74) is 1.95. The van der Waals surface area contributed by atoms with Crippen LogP contribution in [0.25, 0.3) is 6.08 Å². The summed E-state index contributed by atoms with van der Waals surface area (Å²) in [6.45, 7) is 2.22. The van der Waals surface area contributed by atoms with Crippen molar-refractivity contribution in [3.05, 3.63) is 87.8 Å². The van der Waals surface area contributed by atoms with Crippen molar-refractivity contribution in [1.82, 2.24) is 4.90 Å². The molecule has 1 heterocycles. The quantitative estimate of drug-likeness (QED) is 0.308. The van der Waals surface area contributed by atoms with Gasteiger partial charge in [0.25, 0.3) is 17.1 Å². The summed E-state index contributed by atoms with van der Waals surface area (Å²) in [6.07, 6.45) is 1.62. The Balaban J connectivity index is 1.41. The van der Waals surface area contributed by atoms with E-state index in [9.17, 15) is 14.4 Å². The molecule has 0 atom stereocenters. The average molecular weight is 553 g/mol. The van der Waals surface area contributed by atoms with E-state index >= 15 is 0 Å². The van der Waals surface area contributed by atoms with Crippen molar-refractivity contribution in [3.8, 4) is 17.2 Å². The van der Waals surface area contributed by atoms with E-state index in [4.69, 9.17) is 25.8 Å². The molecule has 0 spiro atoms. The van der Waals surface area contributed by atoms with Crippen LogP contribution in [0.1, 0.15) is 18.1 Å².